The summed E-state index contributed by atoms with van der Waals surface area (Å²) < 4.78 is 4.92. The minimum atomic E-state index is -0.243. The number of nitrogens with zero attached hydrogens (tertiary/aromatic N) is 3. The van der Waals surface area contributed by atoms with Gasteiger partial charge in [-0.25, -0.2) is 0 Å². The van der Waals surface area contributed by atoms with Gasteiger partial charge in [0.1, 0.15) is 0 Å². The Bertz CT molecular complexity index is 594. The Hall–Kier alpha value is -2.44. The fourth-order valence-electron chi connectivity index (χ4n) is 1.61. The van der Waals surface area contributed by atoms with Gasteiger partial charge in [-0.1, -0.05) is 5.16 Å². The van der Waals surface area contributed by atoms with Crippen LogP contribution in [0.15, 0.2) is 16.8 Å². The summed E-state index contributed by atoms with van der Waals surface area (Å²) in [5.41, 5.74) is 2.05. The van der Waals surface area contributed by atoms with Crippen molar-refractivity contribution in [3.05, 3.63) is 35.2 Å². The summed E-state index contributed by atoms with van der Waals surface area (Å²) in [6.45, 7) is 3.78. The van der Waals surface area contributed by atoms with Crippen LogP contribution in [-0.2, 0) is 6.54 Å². The predicted molar refractivity (Wildman–Crippen MR) is 68.7 cm³/mol. The van der Waals surface area contributed by atoms with Gasteiger partial charge in [0.25, 0.3) is 5.91 Å². The Morgan fingerprint density at radius 1 is 1.42 bits per heavy atom. The van der Waals surface area contributed by atoms with Crippen molar-refractivity contribution in [3.63, 3.8) is 0 Å². The average molecular weight is 261 g/mol. The number of amides is 1. The first-order valence-corrected chi connectivity index (χ1v) is 5.82. The third kappa shape index (κ3) is 3.06. The third-order valence-corrected chi connectivity index (χ3v) is 2.52. The maximum Gasteiger partial charge on any atom is 0.255 e. The second-order valence-corrected chi connectivity index (χ2v) is 4.04. The van der Waals surface area contributed by atoms with Crippen LogP contribution in [0, 0.1) is 13.8 Å². The molecule has 0 radical (unpaired) electrons. The number of nitrogens with one attached hydrogen (secondary N) is 2. The van der Waals surface area contributed by atoms with E-state index in [9.17, 15) is 4.79 Å². The SMILES string of the molecule is CNc1cc(C)ncc1C(=O)NCc1nc(C)no1. The maximum absolute atomic E-state index is 12.0. The molecule has 7 heteroatoms. The Morgan fingerprint density at radius 2 is 2.21 bits per heavy atom. The Labute approximate surface area is 110 Å². The summed E-state index contributed by atoms with van der Waals surface area (Å²) in [5.74, 6) is 0.668. The minimum absolute atomic E-state index is 0.191. The molecule has 0 fully saturated rings. The molecule has 0 bridgehead atoms. The minimum Gasteiger partial charge on any atom is -0.387 e. The van der Waals surface area contributed by atoms with Gasteiger partial charge in [-0.3, -0.25) is 9.78 Å². The van der Waals surface area contributed by atoms with Gasteiger partial charge < -0.3 is 15.2 Å². The van der Waals surface area contributed by atoms with Crippen LogP contribution in [0.4, 0.5) is 5.69 Å². The smallest absolute Gasteiger partial charge is 0.255 e. The molecule has 0 saturated heterocycles. The van der Waals surface area contributed by atoms with E-state index >= 15 is 0 Å². The van der Waals surface area contributed by atoms with Gasteiger partial charge in [-0.05, 0) is 19.9 Å². The lowest BCUT2D eigenvalue weighted by molar-refractivity contribution is 0.0946. The number of carbonyl (C=O) groups excluding carboxylic acids is 1. The third-order valence-electron chi connectivity index (χ3n) is 2.52. The van der Waals surface area contributed by atoms with Gasteiger partial charge in [0.05, 0.1) is 17.8 Å². The molecule has 1 amide bonds. The number of carbonyl (C=O) groups is 1. The van der Waals surface area contributed by atoms with Crippen LogP contribution in [0.25, 0.3) is 0 Å². The lowest BCUT2D eigenvalue weighted by atomic mass is 10.2. The molecular weight excluding hydrogens is 246 g/mol. The molecule has 2 aromatic rings. The van der Waals surface area contributed by atoms with Crippen LogP contribution < -0.4 is 10.6 Å². The van der Waals surface area contributed by atoms with Crippen molar-refractivity contribution in [2.24, 2.45) is 0 Å². The summed E-state index contributed by atoms with van der Waals surface area (Å²) in [6, 6.07) is 1.81. The number of hydrogen-bond donors (Lipinski definition) is 2. The molecule has 2 aromatic heterocycles. The van der Waals surface area contributed by atoms with Crippen molar-refractivity contribution < 1.29 is 9.32 Å². The normalized spacial score (nSPS) is 10.3. The maximum atomic E-state index is 12.0. The molecule has 19 heavy (non-hydrogen) atoms. The van der Waals surface area contributed by atoms with Gasteiger partial charge >= 0.3 is 0 Å². The standard InChI is InChI=1S/C12H15N5O2/c1-7-4-10(13-3)9(5-14-7)12(18)15-6-11-16-8(2)17-19-11/h4-5H,6H2,1-3H3,(H,13,14)(H,15,18). The quantitative estimate of drug-likeness (QED) is 0.854. The summed E-state index contributed by atoms with van der Waals surface area (Å²) in [4.78, 5) is 20.2. The molecule has 7 nitrogen and oxygen atoms in total. The van der Waals surface area contributed by atoms with Crippen molar-refractivity contribution in [2.45, 2.75) is 20.4 Å². The van der Waals surface area contributed by atoms with E-state index in [4.69, 9.17) is 4.52 Å². The van der Waals surface area contributed by atoms with Crippen molar-refractivity contribution in [3.8, 4) is 0 Å². The van der Waals surface area contributed by atoms with Crippen LogP contribution in [0.2, 0.25) is 0 Å². The van der Waals surface area contributed by atoms with E-state index in [1.54, 1.807) is 14.0 Å². The fraction of sp³-hybridized carbons (Fsp3) is 0.333. The zero-order valence-corrected chi connectivity index (χ0v) is 11.0. The molecule has 2 heterocycles. The first kappa shape index (κ1) is 13.0. The summed E-state index contributed by atoms with van der Waals surface area (Å²) in [7, 11) is 1.76. The molecule has 2 rings (SSSR count). The van der Waals surface area contributed by atoms with Gasteiger partial charge in [0.2, 0.25) is 5.89 Å². The van der Waals surface area contributed by atoms with E-state index in [1.807, 2.05) is 13.0 Å². The van der Waals surface area contributed by atoms with E-state index in [1.165, 1.54) is 6.20 Å². The van der Waals surface area contributed by atoms with Crippen LogP contribution in [0.1, 0.15) is 27.8 Å². The fourth-order valence-corrected chi connectivity index (χ4v) is 1.61. The van der Waals surface area contributed by atoms with Crippen molar-refractivity contribution >= 4 is 11.6 Å². The molecule has 0 spiro atoms. The van der Waals surface area contributed by atoms with Crippen LogP contribution >= 0.6 is 0 Å². The molecule has 0 aliphatic rings. The summed E-state index contributed by atoms with van der Waals surface area (Å²) in [6.07, 6.45) is 1.54. The number of anilines is 1. The van der Waals surface area contributed by atoms with Gasteiger partial charge in [-0.2, -0.15) is 4.98 Å². The van der Waals surface area contributed by atoms with Crippen LogP contribution in [-0.4, -0.2) is 28.1 Å². The number of rotatable bonds is 4. The van der Waals surface area contributed by atoms with E-state index < -0.39 is 0 Å². The van der Waals surface area contributed by atoms with Crippen molar-refractivity contribution in [1.29, 1.82) is 0 Å². The van der Waals surface area contributed by atoms with Crippen LogP contribution in [0.3, 0.4) is 0 Å². The van der Waals surface area contributed by atoms with E-state index in [-0.39, 0.29) is 12.5 Å². The largest absolute Gasteiger partial charge is 0.387 e. The predicted octanol–water partition coefficient (Wildman–Crippen LogP) is 1.05. The Morgan fingerprint density at radius 3 is 2.84 bits per heavy atom. The summed E-state index contributed by atoms with van der Waals surface area (Å²) >= 11 is 0. The summed E-state index contributed by atoms with van der Waals surface area (Å²) in [5, 5.41) is 9.33. The molecule has 0 saturated carbocycles. The zero-order chi connectivity index (χ0) is 13.8. The molecule has 0 aliphatic carbocycles. The van der Waals surface area contributed by atoms with E-state index in [0.29, 0.717) is 17.3 Å². The number of hydrogen-bond acceptors (Lipinski definition) is 6. The van der Waals surface area contributed by atoms with Crippen molar-refractivity contribution in [1.82, 2.24) is 20.4 Å². The molecule has 0 unspecified atom stereocenters. The lowest BCUT2D eigenvalue weighted by Gasteiger charge is -2.09. The molecular formula is C12H15N5O2. The van der Waals surface area contributed by atoms with E-state index in [2.05, 4.69) is 25.8 Å². The van der Waals surface area contributed by atoms with Gasteiger partial charge in [-0.15, -0.1) is 0 Å². The highest BCUT2D eigenvalue weighted by atomic mass is 16.5. The number of pyridine rings is 1. The Kier molecular flexibility index (Phi) is 3.74. The highest BCUT2D eigenvalue weighted by molar-refractivity contribution is 5.99. The first-order chi connectivity index (χ1) is 9.10. The molecule has 0 aliphatic heterocycles. The number of aryl methyl sites for hydroxylation is 2. The molecule has 100 valence electrons. The average Bonchev–Trinajstić information content (AvgIpc) is 2.81. The van der Waals surface area contributed by atoms with Gasteiger partial charge in [0, 0.05) is 18.9 Å². The topological polar surface area (TPSA) is 92.9 Å². The first-order valence-electron chi connectivity index (χ1n) is 5.82. The highest BCUT2D eigenvalue weighted by Gasteiger charge is 2.12. The van der Waals surface area contributed by atoms with Crippen LogP contribution in [0.5, 0.6) is 0 Å². The Balaban J connectivity index is 2.07. The number of aromatic nitrogens is 3. The van der Waals surface area contributed by atoms with E-state index in [0.717, 1.165) is 11.4 Å². The zero-order valence-electron chi connectivity index (χ0n) is 11.0. The lowest BCUT2D eigenvalue weighted by Crippen LogP contribution is -2.24. The molecule has 2 N–H and O–H groups in total. The molecule has 0 aromatic carbocycles. The highest BCUT2D eigenvalue weighted by Crippen LogP contribution is 2.14. The van der Waals surface area contributed by atoms with Crippen molar-refractivity contribution in [2.75, 3.05) is 12.4 Å². The molecule has 0 atom stereocenters. The second kappa shape index (κ2) is 5.47. The van der Waals surface area contributed by atoms with Gasteiger partial charge in [0.15, 0.2) is 5.82 Å². The second-order valence-electron chi connectivity index (χ2n) is 4.04. The monoisotopic (exact) mass is 261 g/mol.